The second-order valence-corrected chi connectivity index (χ2v) is 4.29. The van der Waals surface area contributed by atoms with Crippen LogP contribution in [0.5, 0.6) is 0 Å². The molecule has 0 aliphatic carbocycles. The molecule has 1 N–H and O–H groups in total. The molecule has 5 heteroatoms. The summed E-state index contributed by atoms with van der Waals surface area (Å²) in [5.74, 6) is -0.329. The van der Waals surface area contributed by atoms with Gasteiger partial charge in [0, 0.05) is 12.0 Å². The Kier molecular flexibility index (Phi) is 5.75. The molecule has 0 heterocycles. The third-order valence-corrected chi connectivity index (χ3v) is 3.10. The van der Waals surface area contributed by atoms with Crippen molar-refractivity contribution in [2.24, 2.45) is 0 Å². The van der Waals surface area contributed by atoms with Gasteiger partial charge in [0.05, 0.1) is 22.8 Å². The van der Waals surface area contributed by atoms with Crippen LogP contribution >= 0.6 is 23.2 Å². The minimum atomic E-state index is -0.814. The zero-order chi connectivity index (χ0) is 12.8. The summed E-state index contributed by atoms with van der Waals surface area (Å²) in [6, 6.07) is 5.03. The average Bonchev–Trinajstić information content (AvgIpc) is 2.30. The molecule has 1 unspecified atom stereocenters. The van der Waals surface area contributed by atoms with Gasteiger partial charge in [-0.05, 0) is 19.4 Å². The fraction of sp³-hybridized carbons (Fsp3) is 0.417. The minimum Gasteiger partial charge on any atom is -0.466 e. The summed E-state index contributed by atoms with van der Waals surface area (Å²) in [5, 5.41) is 10.6. The van der Waals surface area contributed by atoms with Gasteiger partial charge in [0.1, 0.15) is 0 Å². The van der Waals surface area contributed by atoms with Crippen molar-refractivity contribution in [1.82, 2.24) is 0 Å². The van der Waals surface area contributed by atoms with Crippen molar-refractivity contribution in [3.05, 3.63) is 33.8 Å². The first kappa shape index (κ1) is 14.3. The molecule has 0 aromatic heterocycles. The number of esters is 1. The highest BCUT2D eigenvalue weighted by Crippen LogP contribution is 2.31. The van der Waals surface area contributed by atoms with Crippen molar-refractivity contribution in [2.75, 3.05) is 6.61 Å². The average molecular weight is 277 g/mol. The van der Waals surface area contributed by atoms with Crippen LogP contribution in [0, 0.1) is 0 Å². The molecule has 0 saturated carbocycles. The Morgan fingerprint density at radius 1 is 1.47 bits per heavy atom. The van der Waals surface area contributed by atoms with E-state index >= 15 is 0 Å². The number of carbonyl (C=O) groups is 1. The summed E-state index contributed by atoms with van der Waals surface area (Å²) in [7, 11) is 0. The largest absolute Gasteiger partial charge is 0.466 e. The second-order valence-electron chi connectivity index (χ2n) is 3.50. The van der Waals surface area contributed by atoms with E-state index in [9.17, 15) is 9.90 Å². The minimum absolute atomic E-state index is 0.151. The van der Waals surface area contributed by atoms with Crippen molar-refractivity contribution >= 4 is 29.2 Å². The Hall–Kier alpha value is -0.770. The summed E-state index contributed by atoms with van der Waals surface area (Å²) < 4.78 is 4.77. The Morgan fingerprint density at radius 3 is 2.82 bits per heavy atom. The van der Waals surface area contributed by atoms with Crippen molar-refractivity contribution in [3.63, 3.8) is 0 Å². The third-order valence-electron chi connectivity index (χ3n) is 2.27. The third kappa shape index (κ3) is 4.19. The van der Waals surface area contributed by atoms with E-state index in [1.807, 2.05) is 0 Å². The second kappa shape index (κ2) is 6.84. The van der Waals surface area contributed by atoms with Crippen LogP contribution < -0.4 is 0 Å². The van der Waals surface area contributed by atoms with Crippen LogP contribution in [-0.2, 0) is 9.53 Å². The van der Waals surface area contributed by atoms with Gasteiger partial charge in [0.15, 0.2) is 0 Å². The smallest absolute Gasteiger partial charge is 0.305 e. The van der Waals surface area contributed by atoms with Gasteiger partial charge < -0.3 is 9.84 Å². The molecule has 0 fully saturated rings. The molecule has 0 saturated heterocycles. The summed E-state index contributed by atoms with van der Waals surface area (Å²) in [5.41, 5.74) is 0.531. The van der Waals surface area contributed by atoms with E-state index in [0.29, 0.717) is 22.2 Å². The lowest BCUT2D eigenvalue weighted by Gasteiger charge is -2.12. The van der Waals surface area contributed by atoms with E-state index in [4.69, 9.17) is 27.9 Å². The number of rotatable bonds is 5. The standard InChI is InChI=1S/C12H14Cl2O3/c1-2-17-11(16)7-6-10(15)8-4-3-5-9(13)12(8)14/h3-5,10,15H,2,6-7H2,1H3. The zero-order valence-electron chi connectivity index (χ0n) is 9.45. The maximum atomic E-state index is 11.1. The van der Waals surface area contributed by atoms with E-state index in [1.165, 1.54) is 0 Å². The number of aliphatic hydroxyl groups is 1. The highest BCUT2D eigenvalue weighted by molar-refractivity contribution is 6.42. The topological polar surface area (TPSA) is 46.5 Å². The normalized spacial score (nSPS) is 12.2. The molecule has 1 rings (SSSR count). The van der Waals surface area contributed by atoms with Gasteiger partial charge in [0.2, 0.25) is 0 Å². The molecule has 0 spiro atoms. The van der Waals surface area contributed by atoms with Gasteiger partial charge >= 0.3 is 5.97 Å². The lowest BCUT2D eigenvalue weighted by molar-refractivity contribution is -0.143. The SMILES string of the molecule is CCOC(=O)CCC(O)c1cccc(Cl)c1Cl. The van der Waals surface area contributed by atoms with E-state index in [2.05, 4.69) is 0 Å². The fourth-order valence-electron chi connectivity index (χ4n) is 1.42. The summed E-state index contributed by atoms with van der Waals surface area (Å²) in [6.45, 7) is 2.08. The van der Waals surface area contributed by atoms with Crippen molar-refractivity contribution < 1.29 is 14.6 Å². The van der Waals surface area contributed by atoms with Crippen molar-refractivity contribution in [1.29, 1.82) is 0 Å². The van der Waals surface area contributed by atoms with E-state index in [1.54, 1.807) is 25.1 Å². The molecule has 1 aromatic carbocycles. The maximum Gasteiger partial charge on any atom is 0.305 e. The molecule has 1 atom stereocenters. The maximum absolute atomic E-state index is 11.1. The van der Waals surface area contributed by atoms with Crippen molar-refractivity contribution in [2.45, 2.75) is 25.9 Å². The monoisotopic (exact) mass is 276 g/mol. The lowest BCUT2D eigenvalue weighted by Crippen LogP contribution is -2.07. The Morgan fingerprint density at radius 2 is 2.18 bits per heavy atom. The molecule has 0 aliphatic rings. The molecule has 1 aromatic rings. The highest BCUT2D eigenvalue weighted by Gasteiger charge is 2.15. The predicted molar refractivity (Wildman–Crippen MR) is 67.3 cm³/mol. The highest BCUT2D eigenvalue weighted by atomic mass is 35.5. The van der Waals surface area contributed by atoms with Crippen LogP contribution in [0.2, 0.25) is 10.0 Å². The predicted octanol–water partition coefficient (Wildman–Crippen LogP) is 3.37. The molecular formula is C12H14Cl2O3. The number of benzene rings is 1. The van der Waals surface area contributed by atoms with Gasteiger partial charge in [0.25, 0.3) is 0 Å². The summed E-state index contributed by atoms with van der Waals surface area (Å²) >= 11 is 11.8. The summed E-state index contributed by atoms with van der Waals surface area (Å²) in [4.78, 5) is 11.1. The van der Waals surface area contributed by atoms with Gasteiger partial charge in [-0.2, -0.15) is 0 Å². The lowest BCUT2D eigenvalue weighted by atomic mass is 10.1. The quantitative estimate of drug-likeness (QED) is 0.839. The van der Waals surface area contributed by atoms with E-state index < -0.39 is 6.10 Å². The fourth-order valence-corrected chi connectivity index (χ4v) is 1.85. The molecule has 0 radical (unpaired) electrons. The zero-order valence-corrected chi connectivity index (χ0v) is 11.0. The Bertz CT molecular complexity index is 393. The van der Waals surface area contributed by atoms with Crippen LogP contribution in [0.4, 0.5) is 0 Å². The molecular weight excluding hydrogens is 263 g/mol. The van der Waals surface area contributed by atoms with Crippen LogP contribution in [0.15, 0.2) is 18.2 Å². The number of halogens is 2. The van der Waals surface area contributed by atoms with E-state index in [0.717, 1.165) is 0 Å². The molecule has 0 aliphatic heterocycles. The number of hydrogen-bond acceptors (Lipinski definition) is 3. The molecule has 17 heavy (non-hydrogen) atoms. The van der Waals surface area contributed by atoms with Gasteiger partial charge in [-0.3, -0.25) is 4.79 Å². The molecule has 94 valence electrons. The molecule has 0 bridgehead atoms. The van der Waals surface area contributed by atoms with Crippen LogP contribution in [0.3, 0.4) is 0 Å². The first-order valence-electron chi connectivity index (χ1n) is 5.33. The van der Waals surface area contributed by atoms with Crippen LogP contribution in [-0.4, -0.2) is 17.7 Å². The van der Waals surface area contributed by atoms with Gasteiger partial charge in [-0.25, -0.2) is 0 Å². The van der Waals surface area contributed by atoms with Crippen molar-refractivity contribution in [3.8, 4) is 0 Å². The van der Waals surface area contributed by atoms with E-state index in [-0.39, 0.29) is 18.8 Å². The Labute approximate surface area is 110 Å². The van der Waals surface area contributed by atoms with Gasteiger partial charge in [-0.15, -0.1) is 0 Å². The first-order chi connectivity index (χ1) is 8.06. The Balaban J connectivity index is 2.61. The number of hydrogen-bond donors (Lipinski definition) is 1. The number of aliphatic hydroxyl groups excluding tert-OH is 1. The molecule has 0 amide bonds. The van der Waals surface area contributed by atoms with Crippen LogP contribution in [0.1, 0.15) is 31.4 Å². The number of ether oxygens (including phenoxy) is 1. The van der Waals surface area contributed by atoms with Gasteiger partial charge in [-0.1, -0.05) is 35.3 Å². The number of carbonyl (C=O) groups excluding carboxylic acids is 1. The molecule has 3 nitrogen and oxygen atoms in total. The summed E-state index contributed by atoms with van der Waals surface area (Å²) in [6.07, 6.45) is -0.401. The first-order valence-corrected chi connectivity index (χ1v) is 6.09. The van der Waals surface area contributed by atoms with Crippen LogP contribution in [0.25, 0.3) is 0 Å².